The van der Waals surface area contributed by atoms with Crippen LogP contribution in [0.3, 0.4) is 0 Å². The molecule has 0 heterocycles. The maximum Gasteiger partial charge on any atom is 0.332 e. The van der Waals surface area contributed by atoms with Gasteiger partial charge in [-0.05, 0) is 39.0 Å². The van der Waals surface area contributed by atoms with Crippen LogP contribution in [0.2, 0.25) is 0 Å². The average molecular weight is 244 g/mol. The molecular weight excluding hydrogens is 216 g/mol. The normalized spacial score (nSPS) is 14.7. The van der Waals surface area contributed by atoms with E-state index >= 15 is 0 Å². The third-order valence-corrected chi connectivity index (χ3v) is 2.41. The Morgan fingerprint density at radius 3 is 2.00 bits per heavy atom. The van der Waals surface area contributed by atoms with Gasteiger partial charge in [0.05, 0.1) is 5.60 Å². The van der Waals surface area contributed by atoms with Crippen molar-refractivity contribution in [2.24, 2.45) is 5.41 Å². The molecule has 0 aliphatic rings. The van der Waals surface area contributed by atoms with Crippen LogP contribution in [-0.4, -0.2) is 22.8 Å². The number of carboxylic acid groups (broad SMARTS) is 1. The minimum Gasteiger partial charge on any atom is -0.479 e. The third kappa shape index (κ3) is 10.3. The molecule has 1 atom stereocenters. The van der Waals surface area contributed by atoms with Gasteiger partial charge in [0.1, 0.15) is 0 Å². The summed E-state index contributed by atoms with van der Waals surface area (Å²) in [5, 5.41) is 9.07. The minimum atomic E-state index is -0.851. The van der Waals surface area contributed by atoms with Crippen molar-refractivity contribution in [2.75, 3.05) is 0 Å². The summed E-state index contributed by atoms with van der Waals surface area (Å²) in [6.07, 6.45) is 3.01. The van der Waals surface area contributed by atoms with E-state index in [4.69, 9.17) is 9.84 Å². The maximum atomic E-state index is 11.0. The van der Waals surface area contributed by atoms with Gasteiger partial charge in [0.15, 0.2) is 6.10 Å². The van der Waals surface area contributed by atoms with Crippen LogP contribution in [0.4, 0.5) is 0 Å². The topological polar surface area (TPSA) is 46.5 Å². The number of rotatable bonds is 6. The predicted octanol–water partition coefficient (Wildman–Crippen LogP) is 3.86. The molecule has 0 amide bonds. The first-order valence-corrected chi connectivity index (χ1v) is 6.42. The molecule has 102 valence electrons. The van der Waals surface area contributed by atoms with Crippen LogP contribution in [0, 0.1) is 5.41 Å². The van der Waals surface area contributed by atoms with E-state index in [1.807, 2.05) is 20.8 Å². The summed E-state index contributed by atoms with van der Waals surface area (Å²) in [5.41, 5.74) is -0.0727. The molecule has 1 N–H and O–H groups in total. The van der Waals surface area contributed by atoms with Crippen molar-refractivity contribution >= 4 is 5.97 Å². The second-order valence-electron chi connectivity index (χ2n) is 6.86. The number of hydrogen-bond donors (Lipinski definition) is 1. The molecule has 0 aliphatic heterocycles. The summed E-state index contributed by atoms with van der Waals surface area (Å²) in [7, 11) is 0. The van der Waals surface area contributed by atoms with Crippen LogP contribution in [0.15, 0.2) is 0 Å². The van der Waals surface area contributed by atoms with Crippen LogP contribution in [0.25, 0.3) is 0 Å². The zero-order chi connectivity index (χ0) is 13.7. The van der Waals surface area contributed by atoms with Crippen LogP contribution in [0.5, 0.6) is 0 Å². The molecule has 0 aromatic heterocycles. The van der Waals surface area contributed by atoms with Crippen molar-refractivity contribution in [1.82, 2.24) is 0 Å². The lowest BCUT2D eigenvalue weighted by Gasteiger charge is -2.25. The highest BCUT2D eigenvalue weighted by Gasteiger charge is 2.24. The van der Waals surface area contributed by atoms with Crippen molar-refractivity contribution in [3.05, 3.63) is 0 Å². The molecule has 3 heteroatoms. The van der Waals surface area contributed by atoms with Gasteiger partial charge in [-0.2, -0.15) is 0 Å². The summed E-state index contributed by atoms with van der Waals surface area (Å²) in [6.45, 7) is 12.3. The van der Waals surface area contributed by atoms with E-state index in [1.165, 1.54) is 0 Å². The number of aliphatic carboxylic acids is 1. The lowest BCUT2D eigenvalue weighted by Crippen LogP contribution is -2.33. The molecule has 0 saturated carbocycles. The standard InChI is InChI=1S/C14H28O3/c1-13(2,3)10-8-7-9-11(12(15)16)17-14(4,5)6/h11H,7-10H2,1-6H3,(H,15,16)/t11-/m0/s1. The van der Waals surface area contributed by atoms with Gasteiger partial charge in [0.25, 0.3) is 0 Å². The quantitative estimate of drug-likeness (QED) is 0.722. The Labute approximate surface area is 106 Å². The lowest BCUT2D eigenvalue weighted by molar-refractivity contribution is -0.160. The number of unbranched alkanes of at least 4 members (excludes halogenated alkanes) is 1. The molecule has 0 spiro atoms. The van der Waals surface area contributed by atoms with Crippen molar-refractivity contribution in [1.29, 1.82) is 0 Å². The van der Waals surface area contributed by atoms with Gasteiger partial charge in [-0.3, -0.25) is 0 Å². The molecule has 0 rings (SSSR count). The molecule has 0 aliphatic carbocycles. The van der Waals surface area contributed by atoms with E-state index in [-0.39, 0.29) is 0 Å². The van der Waals surface area contributed by atoms with Gasteiger partial charge in [-0.25, -0.2) is 4.79 Å². The van der Waals surface area contributed by atoms with Gasteiger partial charge < -0.3 is 9.84 Å². The average Bonchev–Trinajstić information content (AvgIpc) is 2.06. The van der Waals surface area contributed by atoms with E-state index in [2.05, 4.69) is 20.8 Å². The monoisotopic (exact) mass is 244 g/mol. The highest BCUT2D eigenvalue weighted by atomic mass is 16.5. The number of hydrogen-bond acceptors (Lipinski definition) is 2. The maximum absolute atomic E-state index is 11.0. The second-order valence-corrected chi connectivity index (χ2v) is 6.86. The van der Waals surface area contributed by atoms with Gasteiger partial charge in [0.2, 0.25) is 0 Å². The van der Waals surface area contributed by atoms with Crippen LogP contribution < -0.4 is 0 Å². The van der Waals surface area contributed by atoms with Crippen molar-refractivity contribution in [3.63, 3.8) is 0 Å². The fraction of sp³-hybridized carbons (Fsp3) is 0.929. The molecule has 3 nitrogen and oxygen atoms in total. The predicted molar refractivity (Wildman–Crippen MR) is 70.2 cm³/mol. The Hall–Kier alpha value is -0.570. The number of carboxylic acids is 1. The Balaban J connectivity index is 3.99. The molecule has 0 fully saturated rings. The first kappa shape index (κ1) is 16.4. The molecule has 0 bridgehead atoms. The number of carbonyl (C=O) groups is 1. The van der Waals surface area contributed by atoms with Crippen LogP contribution in [0.1, 0.15) is 67.2 Å². The SMILES string of the molecule is CC(C)(C)CCCC[C@H](OC(C)(C)C)C(=O)O. The second kappa shape index (κ2) is 6.39. The first-order valence-electron chi connectivity index (χ1n) is 6.42. The molecule has 0 aromatic carbocycles. The third-order valence-electron chi connectivity index (χ3n) is 2.41. The molecule has 0 radical (unpaired) electrons. The zero-order valence-corrected chi connectivity index (χ0v) is 12.2. The number of ether oxygens (including phenoxy) is 1. The van der Waals surface area contributed by atoms with Crippen molar-refractivity contribution < 1.29 is 14.6 Å². The molecule has 17 heavy (non-hydrogen) atoms. The zero-order valence-electron chi connectivity index (χ0n) is 12.2. The van der Waals surface area contributed by atoms with Crippen molar-refractivity contribution in [2.45, 2.75) is 78.9 Å². The summed E-state index contributed by atoms with van der Waals surface area (Å²) in [4.78, 5) is 11.0. The Kier molecular flexibility index (Phi) is 6.17. The smallest absolute Gasteiger partial charge is 0.332 e. The first-order chi connectivity index (χ1) is 7.51. The van der Waals surface area contributed by atoms with Crippen molar-refractivity contribution in [3.8, 4) is 0 Å². The Morgan fingerprint density at radius 1 is 1.12 bits per heavy atom. The van der Waals surface area contributed by atoms with Crippen LogP contribution in [-0.2, 0) is 9.53 Å². The van der Waals surface area contributed by atoms with Gasteiger partial charge in [-0.1, -0.05) is 33.6 Å². The highest BCUT2D eigenvalue weighted by Crippen LogP contribution is 2.23. The van der Waals surface area contributed by atoms with E-state index in [0.29, 0.717) is 11.8 Å². The molecule has 0 unspecified atom stereocenters. The molecule has 0 aromatic rings. The summed E-state index contributed by atoms with van der Waals surface area (Å²) >= 11 is 0. The lowest BCUT2D eigenvalue weighted by atomic mass is 9.89. The fourth-order valence-electron chi connectivity index (χ4n) is 1.64. The fourth-order valence-corrected chi connectivity index (χ4v) is 1.64. The van der Waals surface area contributed by atoms with E-state index < -0.39 is 17.7 Å². The van der Waals surface area contributed by atoms with E-state index in [1.54, 1.807) is 0 Å². The van der Waals surface area contributed by atoms with Gasteiger partial charge in [0, 0.05) is 0 Å². The van der Waals surface area contributed by atoms with Gasteiger partial charge >= 0.3 is 5.97 Å². The largest absolute Gasteiger partial charge is 0.479 e. The Morgan fingerprint density at radius 2 is 1.65 bits per heavy atom. The van der Waals surface area contributed by atoms with E-state index in [9.17, 15) is 4.79 Å². The molecular formula is C14H28O3. The summed E-state index contributed by atoms with van der Waals surface area (Å²) in [6, 6.07) is 0. The minimum absolute atomic E-state index is 0.323. The highest BCUT2D eigenvalue weighted by molar-refractivity contribution is 5.72. The van der Waals surface area contributed by atoms with E-state index in [0.717, 1.165) is 19.3 Å². The summed E-state index contributed by atoms with van der Waals surface area (Å²) < 4.78 is 5.53. The Bertz CT molecular complexity index is 233. The van der Waals surface area contributed by atoms with Crippen LogP contribution >= 0.6 is 0 Å². The van der Waals surface area contributed by atoms with Gasteiger partial charge in [-0.15, -0.1) is 0 Å². The molecule has 0 saturated heterocycles. The summed E-state index contributed by atoms with van der Waals surface area (Å²) in [5.74, 6) is -0.851.